The molecule has 0 aliphatic heterocycles. The third-order valence-electron chi connectivity index (χ3n) is 2.66. The van der Waals surface area contributed by atoms with E-state index in [0.717, 1.165) is 5.56 Å². The minimum Gasteiger partial charge on any atom is -0.493 e. The number of pyridine rings is 1. The van der Waals surface area contributed by atoms with Crippen molar-refractivity contribution < 1.29 is 14.2 Å². The Kier molecular flexibility index (Phi) is 4.25. The second kappa shape index (κ2) is 6.12. The van der Waals surface area contributed by atoms with Gasteiger partial charge in [0.05, 0.1) is 13.2 Å². The van der Waals surface area contributed by atoms with Crippen LogP contribution in [0.5, 0.6) is 5.75 Å². The van der Waals surface area contributed by atoms with Crippen LogP contribution < -0.4 is 4.74 Å². The van der Waals surface area contributed by atoms with Gasteiger partial charge < -0.3 is 9.84 Å². The number of aliphatic hydroxyl groups excluding tert-OH is 1. The molecule has 1 atom stereocenters. The summed E-state index contributed by atoms with van der Waals surface area (Å²) < 4.78 is 18.2. The normalized spacial score (nSPS) is 12.1. The van der Waals surface area contributed by atoms with Crippen molar-refractivity contribution in [1.82, 2.24) is 4.98 Å². The summed E-state index contributed by atoms with van der Waals surface area (Å²) in [6.45, 7) is 0.331. The molecule has 0 saturated carbocycles. The average Bonchev–Trinajstić information content (AvgIpc) is 2.43. The summed E-state index contributed by atoms with van der Waals surface area (Å²) in [6, 6.07) is 9.50. The monoisotopic (exact) mass is 247 g/mol. The predicted octanol–water partition coefficient (Wildman–Crippen LogP) is 2.38. The summed E-state index contributed by atoms with van der Waals surface area (Å²) >= 11 is 0. The van der Waals surface area contributed by atoms with E-state index in [4.69, 9.17) is 4.74 Å². The van der Waals surface area contributed by atoms with Gasteiger partial charge in [0.15, 0.2) is 0 Å². The highest BCUT2D eigenvalue weighted by molar-refractivity contribution is 5.23. The van der Waals surface area contributed by atoms with Gasteiger partial charge in [-0.15, -0.1) is 0 Å². The summed E-state index contributed by atoms with van der Waals surface area (Å²) in [4.78, 5) is 3.93. The van der Waals surface area contributed by atoms with E-state index in [2.05, 4.69) is 4.98 Å². The van der Waals surface area contributed by atoms with Gasteiger partial charge in [0.2, 0.25) is 0 Å². The molecular formula is C14H14FNO2. The summed E-state index contributed by atoms with van der Waals surface area (Å²) in [5.41, 5.74) is 0.967. The van der Waals surface area contributed by atoms with Crippen molar-refractivity contribution in [3.8, 4) is 5.75 Å². The summed E-state index contributed by atoms with van der Waals surface area (Å²) in [6.07, 6.45) is 3.35. The molecule has 0 spiro atoms. The lowest BCUT2D eigenvalue weighted by molar-refractivity contribution is 0.205. The molecule has 0 amide bonds. The lowest BCUT2D eigenvalue weighted by atomic mass is 10.0. The van der Waals surface area contributed by atoms with Crippen LogP contribution in [0.4, 0.5) is 4.39 Å². The highest BCUT2D eigenvalue weighted by Gasteiger charge is 2.11. The Hall–Kier alpha value is -1.94. The van der Waals surface area contributed by atoms with E-state index in [9.17, 15) is 9.50 Å². The van der Waals surface area contributed by atoms with Crippen LogP contribution in [-0.4, -0.2) is 23.3 Å². The highest BCUT2D eigenvalue weighted by atomic mass is 19.1. The van der Waals surface area contributed by atoms with Crippen molar-refractivity contribution in [2.24, 2.45) is 0 Å². The summed E-state index contributed by atoms with van der Waals surface area (Å²) in [5, 5.41) is 9.34. The summed E-state index contributed by atoms with van der Waals surface area (Å²) in [7, 11) is 0. The van der Waals surface area contributed by atoms with Crippen LogP contribution in [-0.2, 0) is 0 Å². The fraction of sp³-hybridized carbons (Fsp3) is 0.214. The van der Waals surface area contributed by atoms with E-state index in [1.165, 1.54) is 12.1 Å². The van der Waals surface area contributed by atoms with Gasteiger partial charge >= 0.3 is 0 Å². The van der Waals surface area contributed by atoms with Gasteiger partial charge in [-0.05, 0) is 42.0 Å². The number of nitrogens with zero attached hydrogens (tertiary/aromatic N) is 1. The van der Waals surface area contributed by atoms with Crippen LogP contribution in [0.25, 0.3) is 0 Å². The molecule has 1 aromatic heterocycles. The molecule has 94 valence electrons. The van der Waals surface area contributed by atoms with E-state index >= 15 is 0 Å². The lowest BCUT2D eigenvalue weighted by Gasteiger charge is -2.15. The van der Waals surface area contributed by atoms with Crippen LogP contribution in [0.1, 0.15) is 11.5 Å². The van der Waals surface area contributed by atoms with Crippen molar-refractivity contribution in [3.63, 3.8) is 0 Å². The SMILES string of the molecule is OCC(COc1ccc(F)cc1)c1ccncc1. The number of ether oxygens (including phenoxy) is 1. The Bertz CT molecular complexity index is 473. The van der Waals surface area contributed by atoms with Gasteiger partial charge in [0.1, 0.15) is 11.6 Å². The van der Waals surface area contributed by atoms with E-state index in [1.807, 2.05) is 12.1 Å². The number of halogens is 1. The fourth-order valence-electron chi connectivity index (χ4n) is 1.62. The van der Waals surface area contributed by atoms with Gasteiger partial charge in [-0.1, -0.05) is 0 Å². The molecule has 0 bridgehead atoms. The Morgan fingerprint density at radius 3 is 2.39 bits per heavy atom. The lowest BCUT2D eigenvalue weighted by Crippen LogP contribution is -2.14. The standard InChI is InChI=1S/C14H14FNO2/c15-13-1-3-14(4-2-13)18-10-12(9-17)11-5-7-16-8-6-11/h1-8,12,17H,9-10H2. The van der Waals surface area contributed by atoms with E-state index < -0.39 is 0 Å². The van der Waals surface area contributed by atoms with Crippen molar-refractivity contribution in [3.05, 3.63) is 60.2 Å². The smallest absolute Gasteiger partial charge is 0.123 e. The Morgan fingerprint density at radius 2 is 1.78 bits per heavy atom. The number of hydrogen-bond acceptors (Lipinski definition) is 3. The Morgan fingerprint density at radius 1 is 1.11 bits per heavy atom. The number of rotatable bonds is 5. The third-order valence-corrected chi connectivity index (χ3v) is 2.66. The Labute approximate surface area is 105 Å². The van der Waals surface area contributed by atoms with Crippen molar-refractivity contribution in [2.75, 3.05) is 13.2 Å². The van der Waals surface area contributed by atoms with Gasteiger partial charge in [0.25, 0.3) is 0 Å². The molecule has 0 fully saturated rings. The minimum atomic E-state index is -0.296. The maximum absolute atomic E-state index is 12.7. The first-order valence-electron chi connectivity index (χ1n) is 5.68. The summed E-state index contributed by atoms with van der Waals surface area (Å²) in [5.74, 6) is 0.178. The van der Waals surface area contributed by atoms with E-state index in [0.29, 0.717) is 12.4 Å². The van der Waals surface area contributed by atoms with Crippen LogP contribution in [0, 0.1) is 5.82 Å². The molecule has 0 saturated heterocycles. The molecule has 1 heterocycles. The predicted molar refractivity (Wildman–Crippen MR) is 66.0 cm³/mol. The van der Waals surface area contributed by atoms with Crippen molar-refractivity contribution in [2.45, 2.75) is 5.92 Å². The van der Waals surface area contributed by atoms with Gasteiger partial charge in [-0.25, -0.2) is 4.39 Å². The van der Waals surface area contributed by atoms with Crippen LogP contribution in [0.15, 0.2) is 48.8 Å². The molecule has 1 N–H and O–H groups in total. The first-order chi connectivity index (χ1) is 8.79. The zero-order valence-electron chi connectivity index (χ0n) is 9.79. The molecule has 2 aromatic rings. The fourth-order valence-corrected chi connectivity index (χ4v) is 1.62. The molecule has 4 heteroatoms. The number of hydrogen-bond donors (Lipinski definition) is 1. The van der Waals surface area contributed by atoms with Crippen molar-refractivity contribution >= 4 is 0 Å². The first kappa shape index (κ1) is 12.5. The first-order valence-corrected chi connectivity index (χ1v) is 5.68. The van der Waals surface area contributed by atoms with E-state index in [1.54, 1.807) is 24.5 Å². The molecule has 1 unspecified atom stereocenters. The Balaban J connectivity index is 1.97. The van der Waals surface area contributed by atoms with Crippen molar-refractivity contribution in [1.29, 1.82) is 0 Å². The number of benzene rings is 1. The van der Waals surface area contributed by atoms with Gasteiger partial charge in [-0.3, -0.25) is 4.98 Å². The van der Waals surface area contributed by atoms with Gasteiger partial charge in [-0.2, -0.15) is 0 Å². The molecule has 18 heavy (non-hydrogen) atoms. The zero-order chi connectivity index (χ0) is 12.8. The molecule has 0 aliphatic rings. The number of aromatic nitrogens is 1. The quantitative estimate of drug-likeness (QED) is 0.882. The second-order valence-electron chi connectivity index (χ2n) is 3.92. The molecular weight excluding hydrogens is 233 g/mol. The third kappa shape index (κ3) is 3.28. The molecule has 3 nitrogen and oxygen atoms in total. The average molecular weight is 247 g/mol. The highest BCUT2D eigenvalue weighted by Crippen LogP contribution is 2.17. The minimum absolute atomic E-state index is 0.00872. The van der Waals surface area contributed by atoms with Gasteiger partial charge in [0, 0.05) is 18.3 Å². The zero-order valence-corrected chi connectivity index (χ0v) is 9.79. The van der Waals surface area contributed by atoms with Crippen LogP contribution >= 0.6 is 0 Å². The maximum atomic E-state index is 12.7. The molecule has 0 aliphatic carbocycles. The molecule has 0 radical (unpaired) electrons. The molecule has 1 aromatic carbocycles. The topological polar surface area (TPSA) is 42.4 Å². The maximum Gasteiger partial charge on any atom is 0.123 e. The van der Waals surface area contributed by atoms with E-state index in [-0.39, 0.29) is 18.3 Å². The number of aliphatic hydroxyl groups is 1. The van der Waals surface area contributed by atoms with Crippen LogP contribution in [0.2, 0.25) is 0 Å². The van der Waals surface area contributed by atoms with Crippen LogP contribution in [0.3, 0.4) is 0 Å². The molecule has 2 rings (SSSR count). The second-order valence-corrected chi connectivity index (χ2v) is 3.92. The largest absolute Gasteiger partial charge is 0.493 e.